The van der Waals surface area contributed by atoms with Crippen molar-refractivity contribution in [2.24, 2.45) is 0 Å². The first-order chi connectivity index (χ1) is 8.56. The molecule has 18 heavy (non-hydrogen) atoms. The lowest BCUT2D eigenvalue weighted by Gasteiger charge is -2.12. The van der Waals surface area contributed by atoms with Crippen molar-refractivity contribution in [2.75, 3.05) is 0 Å². The smallest absolute Gasteiger partial charge is 0.138 e. The van der Waals surface area contributed by atoms with E-state index in [1.54, 1.807) is 11.3 Å². The summed E-state index contributed by atoms with van der Waals surface area (Å²) in [5.74, 6) is 0.824. The van der Waals surface area contributed by atoms with Crippen molar-refractivity contribution in [3.8, 4) is 0 Å². The van der Waals surface area contributed by atoms with Crippen molar-refractivity contribution >= 4 is 11.3 Å². The van der Waals surface area contributed by atoms with Gasteiger partial charge in [-0.25, -0.2) is 14.6 Å². The lowest BCUT2D eigenvalue weighted by molar-refractivity contribution is 0.169. The number of nitrogens with zero attached hydrogens (tertiary/aromatic N) is 4. The predicted octanol–water partition coefficient (Wildman–Crippen LogP) is 1.77. The van der Waals surface area contributed by atoms with Gasteiger partial charge in [-0.1, -0.05) is 0 Å². The van der Waals surface area contributed by atoms with E-state index in [4.69, 9.17) is 0 Å². The number of rotatable bonds is 5. The van der Waals surface area contributed by atoms with Crippen molar-refractivity contribution in [3.05, 3.63) is 28.2 Å². The van der Waals surface area contributed by atoms with E-state index < -0.39 is 6.10 Å². The van der Waals surface area contributed by atoms with Gasteiger partial charge >= 0.3 is 0 Å². The van der Waals surface area contributed by atoms with Crippen molar-refractivity contribution in [1.82, 2.24) is 19.7 Å². The number of hydrogen-bond donors (Lipinski definition) is 1. The number of hydrogen-bond acceptors (Lipinski definition) is 5. The number of thiazole rings is 1. The van der Waals surface area contributed by atoms with Gasteiger partial charge in [0, 0.05) is 24.3 Å². The molecule has 2 rings (SSSR count). The standard InChI is InChI=1S/C12H18N4OS/c1-8(2)16-12(13-7-14-16)5-11(17)4-10-6-18-9(3)15-10/h6-8,11,17H,4-5H2,1-3H3. The molecule has 0 amide bonds. The van der Waals surface area contributed by atoms with E-state index in [9.17, 15) is 5.11 Å². The van der Waals surface area contributed by atoms with Crippen LogP contribution in [-0.2, 0) is 12.8 Å². The first-order valence-electron chi connectivity index (χ1n) is 6.03. The maximum atomic E-state index is 10.1. The highest BCUT2D eigenvalue weighted by Crippen LogP contribution is 2.13. The fourth-order valence-electron chi connectivity index (χ4n) is 1.88. The summed E-state index contributed by atoms with van der Waals surface area (Å²) >= 11 is 1.61. The van der Waals surface area contributed by atoms with Gasteiger partial charge in [-0.05, 0) is 20.8 Å². The van der Waals surface area contributed by atoms with Crippen LogP contribution in [0.5, 0.6) is 0 Å². The predicted molar refractivity (Wildman–Crippen MR) is 70.7 cm³/mol. The third-order valence-corrected chi connectivity index (χ3v) is 3.49. The topological polar surface area (TPSA) is 63.8 Å². The van der Waals surface area contributed by atoms with Crippen molar-refractivity contribution in [3.63, 3.8) is 0 Å². The summed E-state index contributed by atoms with van der Waals surface area (Å²) in [6.07, 6.45) is 2.15. The molecule has 0 fully saturated rings. The SMILES string of the molecule is Cc1nc(CC(O)Cc2ncnn2C(C)C)cs1. The molecule has 0 saturated carbocycles. The van der Waals surface area contributed by atoms with Crippen LogP contribution < -0.4 is 0 Å². The molecule has 1 atom stereocenters. The van der Waals surface area contributed by atoms with Gasteiger partial charge in [0.1, 0.15) is 12.2 Å². The molecule has 0 aromatic carbocycles. The molecule has 2 heterocycles. The van der Waals surface area contributed by atoms with E-state index in [0.29, 0.717) is 12.8 Å². The summed E-state index contributed by atoms with van der Waals surface area (Å²) in [6, 6.07) is 0.260. The Morgan fingerprint density at radius 2 is 2.17 bits per heavy atom. The van der Waals surface area contributed by atoms with Crippen LogP contribution in [0, 0.1) is 6.92 Å². The fourth-order valence-corrected chi connectivity index (χ4v) is 2.50. The Balaban J connectivity index is 1.98. The molecule has 2 aromatic rings. The molecule has 1 N–H and O–H groups in total. The van der Waals surface area contributed by atoms with Crippen LogP contribution in [0.3, 0.4) is 0 Å². The third kappa shape index (κ3) is 3.14. The van der Waals surface area contributed by atoms with Gasteiger partial charge in [0.25, 0.3) is 0 Å². The number of aryl methyl sites for hydroxylation is 1. The maximum Gasteiger partial charge on any atom is 0.138 e. The van der Waals surface area contributed by atoms with E-state index in [-0.39, 0.29) is 6.04 Å². The second-order valence-electron chi connectivity index (χ2n) is 4.63. The Bertz CT molecular complexity index is 506. The molecule has 0 aliphatic heterocycles. The van der Waals surface area contributed by atoms with Crippen LogP contribution in [0.15, 0.2) is 11.7 Å². The minimum absolute atomic E-state index is 0.260. The number of aliphatic hydroxyl groups excluding tert-OH is 1. The van der Waals surface area contributed by atoms with Gasteiger partial charge in [0.05, 0.1) is 16.8 Å². The zero-order valence-corrected chi connectivity index (χ0v) is 11.7. The molecule has 0 bridgehead atoms. The highest BCUT2D eigenvalue weighted by molar-refractivity contribution is 7.09. The minimum atomic E-state index is -0.465. The lowest BCUT2D eigenvalue weighted by Crippen LogP contribution is -2.19. The fraction of sp³-hybridized carbons (Fsp3) is 0.583. The quantitative estimate of drug-likeness (QED) is 0.896. The Morgan fingerprint density at radius 1 is 1.39 bits per heavy atom. The average molecular weight is 266 g/mol. The Morgan fingerprint density at radius 3 is 2.78 bits per heavy atom. The summed E-state index contributed by atoms with van der Waals surface area (Å²) in [4.78, 5) is 8.55. The molecule has 98 valence electrons. The largest absolute Gasteiger partial charge is 0.392 e. The molecule has 0 saturated heterocycles. The van der Waals surface area contributed by atoms with E-state index in [0.717, 1.165) is 16.5 Å². The molecule has 0 aliphatic rings. The van der Waals surface area contributed by atoms with Crippen LogP contribution in [0.25, 0.3) is 0 Å². The second kappa shape index (κ2) is 5.58. The van der Waals surface area contributed by atoms with Gasteiger partial charge in [-0.3, -0.25) is 0 Å². The zero-order valence-electron chi connectivity index (χ0n) is 10.9. The summed E-state index contributed by atoms with van der Waals surface area (Å²) in [5.41, 5.74) is 0.945. The van der Waals surface area contributed by atoms with E-state index in [1.807, 2.05) is 30.8 Å². The Hall–Kier alpha value is -1.27. The highest BCUT2D eigenvalue weighted by Gasteiger charge is 2.14. The van der Waals surface area contributed by atoms with Gasteiger partial charge < -0.3 is 5.11 Å². The molecule has 5 nitrogen and oxygen atoms in total. The third-order valence-electron chi connectivity index (χ3n) is 2.67. The van der Waals surface area contributed by atoms with E-state index >= 15 is 0 Å². The molecule has 0 radical (unpaired) electrons. The second-order valence-corrected chi connectivity index (χ2v) is 5.70. The summed E-state index contributed by atoms with van der Waals surface area (Å²) in [5, 5.41) is 17.3. The molecular weight excluding hydrogens is 248 g/mol. The van der Waals surface area contributed by atoms with E-state index in [2.05, 4.69) is 15.1 Å². The van der Waals surface area contributed by atoms with Crippen molar-refractivity contribution in [2.45, 2.75) is 45.8 Å². The van der Waals surface area contributed by atoms with Crippen LogP contribution >= 0.6 is 11.3 Å². The summed E-state index contributed by atoms with van der Waals surface area (Å²) in [6.45, 7) is 6.07. The van der Waals surface area contributed by atoms with Crippen LogP contribution in [-0.4, -0.2) is 31.0 Å². The first-order valence-corrected chi connectivity index (χ1v) is 6.91. The first kappa shape index (κ1) is 13.2. The Kier molecular flexibility index (Phi) is 4.08. The molecule has 0 aliphatic carbocycles. The van der Waals surface area contributed by atoms with Gasteiger partial charge in [-0.15, -0.1) is 11.3 Å². The number of aromatic nitrogens is 4. The normalized spacial score (nSPS) is 13.2. The van der Waals surface area contributed by atoms with Crippen LogP contribution in [0.4, 0.5) is 0 Å². The minimum Gasteiger partial charge on any atom is -0.392 e. The average Bonchev–Trinajstić information content (AvgIpc) is 2.87. The maximum absolute atomic E-state index is 10.1. The lowest BCUT2D eigenvalue weighted by atomic mass is 10.1. The van der Waals surface area contributed by atoms with E-state index in [1.165, 1.54) is 6.33 Å². The van der Waals surface area contributed by atoms with Crippen molar-refractivity contribution in [1.29, 1.82) is 0 Å². The van der Waals surface area contributed by atoms with Gasteiger partial charge in [0.15, 0.2) is 0 Å². The Labute approximate surface area is 111 Å². The molecule has 6 heteroatoms. The molecule has 2 aromatic heterocycles. The van der Waals surface area contributed by atoms with Crippen LogP contribution in [0.2, 0.25) is 0 Å². The molecule has 0 spiro atoms. The zero-order chi connectivity index (χ0) is 13.1. The van der Waals surface area contributed by atoms with Gasteiger partial charge in [-0.2, -0.15) is 5.10 Å². The summed E-state index contributed by atoms with van der Waals surface area (Å²) in [7, 11) is 0. The van der Waals surface area contributed by atoms with Gasteiger partial charge in [0.2, 0.25) is 0 Å². The van der Waals surface area contributed by atoms with Crippen LogP contribution in [0.1, 0.15) is 36.4 Å². The monoisotopic (exact) mass is 266 g/mol. The molecule has 1 unspecified atom stereocenters. The molecular formula is C12H18N4OS. The summed E-state index contributed by atoms with van der Waals surface area (Å²) < 4.78 is 1.84. The number of aliphatic hydroxyl groups is 1. The highest BCUT2D eigenvalue weighted by atomic mass is 32.1. The van der Waals surface area contributed by atoms with Crippen molar-refractivity contribution < 1.29 is 5.11 Å².